The Bertz CT molecular complexity index is 461. The molecule has 1 fully saturated rings. The summed E-state index contributed by atoms with van der Waals surface area (Å²) in [5, 5.41) is 5.19. The van der Waals surface area contributed by atoms with Crippen LogP contribution in [0.25, 0.3) is 0 Å². The molecule has 21 heavy (non-hydrogen) atoms. The lowest BCUT2D eigenvalue weighted by Gasteiger charge is -2.34. The molecule has 0 saturated carbocycles. The first-order valence-corrected chi connectivity index (χ1v) is 8.29. The van der Waals surface area contributed by atoms with Gasteiger partial charge in [-0.1, -0.05) is 6.07 Å². The SMILES string of the molecule is CCOC(=O)C1CNCCN1C(=O)CCCc1cccs1. The van der Waals surface area contributed by atoms with Crippen molar-refractivity contribution in [3.05, 3.63) is 22.4 Å². The lowest BCUT2D eigenvalue weighted by molar-refractivity contribution is -0.155. The Hall–Kier alpha value is -1.40. The van der Waals surface area contributed by atoms with E-state index in [-0.39, 0.29) is 11.9 Å². The molecule has 116 valence electrons. The molecule has 0 spiro atoms. The standard InChI is InChI=1S/C15H22N2O3S/c1-2-20-15(19)13-11-16-8-9-17(13)14(18)7-3-5-12-6-4-10-21-12/h4,6,10,13,16H,2-3,5,7-9,11H2,1H3. The predicted molar refractivity (Wildman–Crippen MR) is 82.3 cm³/mol. The lowest BCUT2D eigenvalue weighted by atomic mass is 10.1. The maximum Gasteiger partial charge on any atom is 0.330 e. The van der Waals surface area contributed by atoms with Gasteiger partial charge in [-0.15, -0.1) is 11.3 Å². The fourth-order valence-electron chi connectivity index (χ4n) is 2.46. The number of thiophene rings is 1. The molecule has 1 aliphatic rings. The normalized spacial score (nSPS) is 18.5. The van der Waals surface area contributed by atoms with Crippen molar-refractivity contribution in [2.24, 2.45) is 0 Å². The minimum Gasteiger partial charge on any atom is -0.464 e. The van der Waals surface area contributed by atoms with Gasteiger partial charge in [0.05, 0.1) is 6.61 Å². The average Bonchev–Trinajstić information content (AvgIpc) is 3.00. The zero-order chi connectivity index (χ0) is 15.1. The van der Waals surface area contributed by atoms with E-state index < -0.39 is 6.04 Å². The Labute approximate surface area is 129 Å². The monoisotopic (exact) mass is 310 g/mol. The van der Waals surface area contributed by atoms with Crippen molar-refractivity contribution in [3.63, 3.8) is 0 Å². The topological polar surface area (TPSA) is 58.6 Å². The first kappa shape index (κ1) is 16.0. The van der Waals surface area contributed by atoms with E-state index in [1.807, 2.05) is 11.4 Å². The molecule has 1 unspecified atom stereocenters. The number of rotatable bonds is 6. The van der Waals surface area contributed by atoms with Crippen molar-refractivity contribution in [1.82, 2.24) is 10.2 Å². The van der Waals surface area contributed by atoms with E-state index in [9.17, 15) is 9.59 Å². The third-order valence-corrected chi connectivity index (χ3v) is 4.45. The molecule has 0 radical (unpaired) electrons. The lowest BCUT2D eigenvalue weighted by Crippen LogP contribution is -2.57. The van der Waals surface area contributed by atoms with Crippen LogP contribution in [-0.4, -0.2) is 49.1 Å². The number of carbonyl (C=O) groups is 2. The molecule has 1 aromatic rings. The van der Waals surface area contributed by atoms with Crippen molar-refractivity contribution in [1.29, 1.82) is 0 Å². The van der Waals surface area contributed by atoms with Crippen LogP contribution in [0.2, 0.25) is 0 Å². The number of nitrogens with one attached hydrogen (secondary N) is 1. The van der Waals surface area contributed by atoms with E-state index in [1.54, 1.807) is 23.2 Å². The third kappa shape index (κ3) is 4.54. The van der Waals surface area contributed by atoms with Crippen LogP contribution >= 0.6 is 11.3 Å². The molecule has 1 N–H and O–H groups in total. The quantitative estimate of drug-likeness (QED) is 0.808. The number of ether oxygens (including phenoxy) is 1. The molecular formula is C15H22N2O3S. The molecule has 1 atom stereocenters. The van der Waals surface area contributed by atoms with Gasteiger partial charge in [-0.3, -0.25) is 4.79 Å². The molecule has 1 aliphatic heterocycles. The summed E-state index contributed by atoms with van der Waals surface area (Å²) in [5.41, 5.74) is 0. The van der Waals surface area contributed by atoms with Gasteiger partial charge in [-0.25, -0.2) is 4.79 Å². The highest BCUT2D eigenvalue weighted by atomic mass is 32.1. The molecule has 2 rings (SSSR count). The highest BCUT2D eigenvalue weighted by Gasteiger charge is 2.32. The van der Waals surface area contributed by atoms with Crippen molar-refractivity contribution in [2.75, 3.05) is 26.2 Å². The van der Waals surface area contributed by atoms with Crippen LogP contribution in [0.4, 0.5) is 0 Å². The van der Waals surface area contributed by atoms with Crippen LogP contribution in [0.15, 0.2) is 17.5 Å². The molecular weight excluding hydrogens is 288 g/mol. The molecule has 1 amide bonds. The molecule has 0 aromatic carbocycles. The van der Waals surface area contributed by atoms with Gasteiger partial charge in [0.2, 0.25) is 5.91 Å². The van der Waals surface area contributed by atoms with E-state index in [2.05, 4.69) is 11.4 Å². The van der Waals surface area contributed by atoms with E-state index in [0.717, 1.165) is 19.4 Å². The van der Waals surface area contributed by atoms with Crippen molar-refractivity contribution < 1.29 is 14.3 Å². The summed E-state index contributed by atoms with van der Waals surface area (Å²) in [7, 11) is 0. The number of carbonyl (C=O) groups excluding carboxylic acids is 2. The van der Waals surface area contributed by atoms with Crippen molar-refractivity contribution >= 4 is 23.2 Å². The first-order chi connectivity index (χ1) is 10.2. The Balaban J connectivity index is 1.84. The van der Waals surface area contributed by atoms with Crippen LogP contribution in [0.3, 0.4) is 0 Å². The number of piperazine rings is 1. The van der Waals surface area contributed by atoms with Gasteiger partial charge in [0, 0.05) is 30.9 Å². The van der Waals surface area contributed by atoms with Gasteiger partial charge >= 0.3 is 5.97 Å². The molecule has 5 nitrogen and oxygen atoms in total. The summed E-state index contributed by atoms with van der Waals surface area (Å²) in [5.74, 6) is -0.262. The van der Waals surface area contributed by atoms with Crippen molar-refractivity contribution in [2.45, 2.75) is 32.2 Å². The second kappa shape index (κ2) is 8.14. The van der Waals surface area contributed by atoms with E-state index >= 15 is 0 Å². The van der Waals surface area contributed by atoms with Gasteiger partial charge in [-0.05, 0) is 31.2 Å². The molecule has 0 bridgehead atoms. The summed E-state index contributed by atoms with van der Waals surface area (Å²) in [6, 6.07) is 3.63. The van der Waals surface area contributed by atoms with E-state index in [0.29, 0.717) is 26.1 Å². The largest absolute Gasteiger partial charge is 0.464 e. The Morgan fingerprint density at radius 3 is 3.10 bits per heavy atom. The number of aryl methyl sites for hydroxylation is 1. The van der Waals surface area contributed by atoms with Gasteiger partial charge in [0.15, 0.2) is 0 Å². The second-order valence-electron chi connectivity index (χ2n) is 4.99. The number of hydrogen-bond acceptors (Lipinski definition) is 5. The Morgan fingerprint density at radius 2 is 2.38 bits per heavy atom. The van der Waals surface area contributed by atoms with E-state index in [1.165, 1.54) is 4.88 Å². The predicted octanol–water partition coefficient (Wildman–Crippen LogP) is 1.43. The summed E-state index contributed by atoms with van der Waals surface area (Å²) in [6.45, 7) is 3.90. The summed E-state index contributed by atoms with van der Waals surface area (Å²) < 4.78 is 5.05. The molecule has 1 saturated heterocycles. The number of esters is 1. The Morgan fingerprint density at radius 1 is 1.52 bits per heavy atom. The highest BCUT2D eigenvalue weighted by Crippen LogP contribution is 2.14. The van der Waals surface area contributed by atoms with Gasteiger partial charge in [0.1, 0.15) is 6.04 Å². The average molecular weight is 310 g/mol. The van der Waals surface area contributed by atoms with Crippen LogP contribution < -0.4 is 5.32 Å². The molecule has 2 heterocycles. The second-order valence-corrected chi connectivity index (χ2v) is 6.02. The summed E-state index contributed by atoms with van der Waals surface area (Å²) in [4.78, 5) is 27.2. The highest BCUT2D eigenvalue weighted by molar-refractivity contribution is 7.09. The maximum absolute atomic E-state index is 12.3. The van der Waals surface area contributed by atoms with Crippen molar-refractivity contribution in [3.8, 4) is 0 Å². The number of hydrogen-bond donors (Lipinski definition) is 1. The van der Waals surface area contributed by atoms with Crippen LogP contribution in [0, 0.1) is 0 Å². The zero-order valence-electron chi connectivity index (χ0n) is 12.3. The summed E-state index contributed by atoms with van der Waals surface area (Å²) >= 11 is 1.71. The van der Waals surface area contributed by atoms with Crippen LogP contribution in [0.1, 0.15) is 24.6 Å². The smallest absolute Gasteiger partial charge is 0.330 e. The molecule has 0 aliphatic carbocycles. The van der Waals surface area contributed by atoms with E-state index in [4.69, 9.17) is 4.74 Å². The Kier molecular flexibility index (Phi) is 6.20. The zero-order valence-corrected chi connectivity index (χ0v) is 13.2. The van der Waals surface area contributed by atoms with Gasteiger partial charge in [0.25, 0.3) is 0 Å². The molecule has 1 aromatic heterocycles. The maximum atomic E-state index is 12.3. The van der Waals surface area contributed by atoms with Crippen LogP contribution in [0.5, 0.6) is 0 Å². The van der Waals surface area contributed by atoms with Crippen LogP contribution in [-0.2, 0) is 20.7 Å². The minimum absolute atomic E-state index is 0.0473. The first-order valence-electron chi connectivity index (χ1n) is 7.41. The fourth-order valence-corrected chi connectivity index (χ4v) is 3.22. The number of nitrogens with zero attached hydrogens (tertiary/aromatic N) is 1. The minimum atomic E-state index is -0.479. The summed E-state index contributed by atoms with van der Waals surface area (Å²) in [6.07, 6.45) is 2.21. The van der Waals surface area contributed by atoms with Gasteiger partial charge in [-0.2, -0.15) is 0 Å². The fraction of sp³-hybridized carbons (Fsp3) is 0.600. The van der Waals surface area contributed by atoms with Gasteiger partial charge < -0.3 is 15.0 Å². The molecule has 6 heteroatoms. The number of amides is 1. The third-order valence-electron chi connectivity index (χ3n) is 3.52.